The quantitative estimate of drug-likeness (QED) is 0.546. The fraction of sp³-hybridized carbons (Fsp3) is 0.174. The van der Waals surface area contributed by atoms with E-state index in [1.165, 1.54) is 40.7 Å². The molecule has 3 rings (SSSR count). The number of carbonyl (C=O) groups is 1. The van der Waals surface area contributed by atoms with Crippen molar-refractivity contribution in [3.63, 3.8) is 0 Å². The van der Waals surface area contributed by atoms with Crippen LogP contribution in [-0.2, 0) is 10.0 Å². The number of carboxylic acids is 1. The van der Waals surface area contributed by atoms with Gasteiger partial charge in [0.25, 0.3) is 10.0 Å². The number of hydrogen-bond acceptors (Lipinski definition) is 4. The molecule has 3 aromatic rings. The van der Waals surface area contributed by atoms with Gasteiger partial charge in [-0.3, -0.25) is 4.31 Å². The van der Waals surface area contributed by atoms with Crippen LogP contribution in [0.2, 0.25) is 0 Å². The third-order valence-electron chi connectivity index (χ3n) is 4.92. The van der Waals surface area contributed by atoms with Crippen molar-refractivity contribution in [2.24, 2.45) is 0 Å². The Morgan fingerprint density at radius 2 is 1.55 bits per heavy atom. The Hall–Kier alpha value is -3.39. The Morgan fingerprint density at radius 1 is 1.00 bits per heavy atom. The minimum Gasteiger partial charge on any atom is -0.478 e. The first kappa shape index (κ1) is 22.3. The molecule has 0 aliphatic rings. The molecule has 162 valence electrons. The number of halogens is 1. The molecule has 0 saturated carbocycles. The number of benzene rings is 3. The average molecular weight is 443 g/mol. The molecule has 0 amide bonds. The Bertz CT molecular complexity index is 1210. The molecule has 8 heteroatoms. The number of ether oxygens (including phenoxy) is 1. The zero-order valence-corrected chi connectivity index (χ0v) is 18.1. The lowest BCUT2D eigenvalue weighted by molar-refractivity contribution is 0.0695. The highest BCUT2D eigenvalue weighted by Crippen LogP contribution is 2.29. The summed E-state index contributed by atoms with van der Waals surface area (Å²) in [6.45, 7) is 5.17. The van der Waals surface area contributed by atoms with Crippen LogP contribution in [0, 0.1) is 19.7 Å². The summed E-state index contributed by atoms with van der Waals surface area (Å²) >= 11 is 0. The smallest absolute Gasteiger partial charge is 0.336 e. The molecule has 1 N–H and O–H groups in total. The molecule has 0 saturated heterocycles. The van der Waals surface area contributed by atoms with Crippen molar-refractivity contribution in [3.05, 3.63) is 83.2 Å². The van der Waals surface area contributed by atoms with Crippen LogP contribution in [0.15, 0.2) is 65.6 Å². The van der Waals surface area contributed by atoms with Crippen molar-refractivity contribution >= 4 is 21.7 Å². The summed E-state index contributed by atoms with van der Waals surface area (Å²) < 4.78 is 46.4. The molecule has 6 nitrogen and oxygen atoms in total. The van der Waals surface area contributed by atoms with E-state index < -0.39 is 16.0 Å². The van der Waals surface area contributed by atoms with Crippen LogP contribution in [0.25, 0.3) is 0 Å². The standard InChI is InChI=1S/C23H22FNO5S/c1-4-25(31(28,29)21-13-15(2)16(3)22(14-21)23(26)27)18-7-11-20(12-8-18)30-19-9-5-17(24)6-10-19/h5-14H,4H2,1-3H3,(H,26,27). The SMILES string of the molecule is CCN(c1ccc(Oc2ccc(F)cc2)cc1)S(=O)(=O)c1cc(C)c(C)c(C(=O)O)c1. The number of carboxylic acid groups (broad SMARTS) is 1. The van der Waals surface area contributed by atoms with Gasteiger partial charge in [0.05, 0.1) is 16.1 Å². The second kappa shape index (κ2) is 8.77. The molecule has 0 unspecified atom stereocenters. The lowest BCUT2D eigenvalue weighted by atomic mass is 10.0. The third-order valence-corrected chi connectivity index (χ3v) is 6.80. The minimum atomic E-state index is -3.99. The second-order valence-electron chi connectivity index (χ2n) is 6.94. The third kappa shape index (κ3) is 4.69. The first-order valence-electron chi connectivity index (χ1n) is 9.54. The summed E-state index contributed by atoms with van der Waals surface area (Å²) in [5, 5.41) is 9.42. The Balaban J connectivity index is 1.92. The van der Waals surface area contributed by atoms with E-state index in [0.717, 1.165) is 0 Å². The average Bonchev–Trinajstić information content (AvgIpc) is 2.73. The van der Waals surface area contributed by atoms with E-state index in [4.69, 9.17) is 4.74 Å². The van der Waals surface area contributed by atoms with Gasteiger partial charge in [-0.1, -0.05) is 0 Å². The lowest BCUT2D eigenvalue weighted by Gasteiger charge is -2.24. The van der Waals surface area contributed by atoms with Crippen molar-refractivity contribution < 1.29 is 27.4 Å². The van der Waals surface area contributed by atoms with Gasteiger partial charge < -0.3 is 9.84 Å². The zero-order chi connectivity index (χ0) is 22.8. The maximum atomic E-state index is 13.3. The molecule has 0 heterocycles. The Labute approximate surface area is 180 Å². The van der Waals surface area contributed by atoms with Gasteiger partial charge in [-0.25, -0.2) is 17.6 Å². The molecule has 0 radical (unpaired) electrons. The van der Waals surface area contributed by atoms with E-state index in [-0.39, 0.29) is 22.8 Å². The molecule has 0 fully saturated rings. The van der Waals surface area contributed by atoms with Gasteiger partial charge in [0.15, 0.2) is 0 Å². The fourth-order valence-electron chi connectivity index (χ4n) is 3.14. The minimum absolute atomic E-state index is 0.0438. The largest absolute Gasteiger partial charge is 0.478 e. The molecule has 0 bridgehead atoms. The van der Waals surface area contributed by atoms with Crippen molar-refractivity contribution in [3.8, 4) is 11.5 Å². The number of hydrogen-bond donors (Lipinski definition) is 1. The first-order valence-corrected chi connectivity index (χ1v) is 11.0. The number of aryl methyl sites for hydroxylation is 1. The topological polar surface area (TPSA) is 83.9 Å². The zero-order valence-electron chi connectivity index (χ0n) is 17.3. The van der Waals surface area contributed by atoms with Gasteiger partial charge in [0.1, 0.15) is 17.3 Å². The summed E-state index contributed by atoms with van der Waals surface area (Å²) in [5.74, 6) is -0.638. The molecule has 0 aliphatic heterocycles. The number of rotatable bonds is 7. The lowest BCUT2D eigenvalue weighted by Crippen LogP contribution is -2.31. The van der Waals surface area contributed by atoms with Gasteiger partial charge in [0, 0.05) is 6.54 Å². The van der Waals surface area contributed by atoms with Crippen LogP contribution in [0.1, 0.15) is 28.4 Å². The van der Waals surface area contributed by atoms with E-state index in [9.17, 15) is 22.7 Å². The van der Waals surface area contributed by atoms with E-state index >= 15 is 0 Å². The van der Waals surface area contributed by atoms with E-state index in [1.807, 2.05) is 0 Å². The molecule has 0 aromatic heterocycles. The van der Waals surface area contributed by atoms with Crippen molar-refractivity contribution in [2.45, 2.75) is 25.7 Å². The van der Waals surface area contributed by atoms with Crippen LogP contribution < -0.4 is 9.04 Å². The molecule has 0 atom stereocenters. The highest BCUT2D eigenvalue weighted by molar-refractivity contribution is 7.92. The molecule has 31 heavy (non-hydrogen) atoms. The van der Waals surface area contributed by atoms with Crippen LogP contribution in [0.5, 0.6) is 11.5 Å². The summed E-state index contributed by atoms with van der Waals surface area (Å²) in [4.78, 5) is 11.4. The molecular weight excluding hydrogens is 421 g/mol. The van der Waals surface area contributed by atoms with Crippen LogP contribution in [-0.4, -0.2) is 26.0 Å². The van der Waals surface area contributed by atoms with E-state index in [1.54, 1.807) is 45.0 Å². The highest BCUT2D eigenvalue weighted by Gasteiger charge is 2.26. The summed E-state index contributed by atoms with van der Waals surface area (Å²) in [6, 6.07) is 14.6. The Morgan fingerprint density at radius 3 is 2.06 bits per heavy atom. The highest BCUT2D eigenvalue weighted by atomic mass is 32.2. The normalized spacial score (nSPS) is 11.2. The van der Waals surface area contributed by atoms with Gasteiger partial charge in [-0.2, -0.15) is 0 Å². The molecule has 0 aliphatic carbocycles. The van der Waals surface area contributed by atoms with Gasteiger partial charge in [0.2, 0.25) is 0 Å². The molecule has 3 aromatic carbocycles. The van der Waals surface area contributed by atoms with E-state index in [2.05, 4.69) is 0 Å². The van der Waals surface area contributed by atoms with Crippen LogP contribution in [0.3, 0.4) is 0 Å². The molecular formula is C23H22FNO5S. The maximum Gasteiger partial charge on any atom is 0.336 e. The first-order chi connectivity index (χ1) is 14.6. The maximum absolute atomic E-state index is 13.3. The number of anilines is 1. The summed E-state index contributed by atoms with van der Waals surface area (Å²) in [6.07, 6.45) is 0. The number of aromatic carboxylic acids is 1. The number of nitrogens with zero attached hydrogens (tertiary/aromatic N) is 1. The summed E-state index contributed by atoms with van der Waals surface area (Å²) in [5.41, 5.74) is 1.47. The molecule has 0 spiro atoms. The monoisotopic (exact) mass is 443 g/mol. The van der Waals surface area contributed by atoms with Crippen molar-refractivity contribution in [2.75, 3.05) is 10.8 Å². The van der Waals surface area contributed by atoms with E-state index in [0.29, 0.717) is 28.3 Å². The van der Waals surface area contributed by atoms with Crippen LogP contribution in [0.4, 0.5) is 10.1 Å². The van der Waals surface area contributed by atoms with Gasteiger partial charge >= 0.3 is 5.97 Å². The second-order valence-corrected chi connectivity index (χ2v) is 8.80. The van der Waals surface area contributed by atoms with Crippen molar-refractivity contribution in [1.82, 2.24) is 0 Å². The number of sulfonamides is 1. The predicted octanol–water partition coefficient (Wildman–Crippen LogP) is 5.15. The fourth-order valence-corrected chi connectivity index (χ4v) is 4.72. The van der Waals surface area contributed by atoms with Crippen LogP contribution >= 0.6 is 0 Å². The van der Waals surface area contributed by atoms with Gasteiger partial charge in [-0.05, 0) is 92.6 Å². The summed E-state index contributed by atoms with van der Waals surface area (Å²) in [7, 11) is -3.99. The van der Waals surface area contributed by atoms with Crippen molar-refractivity contribution in [1.29, 1.82) is 0 Å². The predicted molar refractivity (Wildman–Crippen MR) is 116 cm³/mol. The van der Waals surface area contributed by atoms with Gasteiger partial charge in [-0.15, -0.1) is 0 Å². The Kier molecular flexibility index (Phi) is 6.31.